The first-order chi connectivity index (χ1) is 68.5. The van der Waals surface area contributed by atoms with Crippen molar-refractivity contribution < 1.29 is 122 Å². The average Bonchev–Trinajstić information content (AvgIpc) is 0.866. The van der Waals surface area contributed by atoms with Gasteiger partial charge in [0.05, 0.1) is 124 Å². The van der Waals surface area contributed by atoms with Crippen molar-refractivity contribution in [1.29, 1.82) is 0 Å². The number of primary amides is 1. The van der Waals surface area contributed by atoms with Gasteiger partial charge in [-0.25, -0.2) is 0 Å². The molecule has 13 amide bonds. The third-order valence-electron chi connectivity index (χ3n) is 22.6. The molecule has 6 aromatic carbocycles. The van der Waals surface area contributed by atoms with Crippen molar-refractivity contribution in [2.45, 2.75) is 83.6 Å². The van der Waals surface area contributed by atoms with Crippen LogP contribution in [0.25, 0.3) is 0 Å². The first kappa shape index (κ1) is 118. The van der Waals surface area contributed by atoms with E-state index < -0.39 is 275 Å². The van der Waals surface area contributed by atoms with Crippen molar-refractivity contribution in [3.8, 4) is 0 Å². The van der Waals surface area contributed by atoms with Gasteiger partial charge in [-0.15, -0.1) is 0 Å². The number of rotatable bonds is 64. The zero-order chi connectivity index (χ0) is 105. The molecule has 0 saturated carbocycles. The van der Waals surface area contributed by atoms with Gasteiger partial charge in [0, 0.05) is 124 Å². The Labute approximate surface area is 881 Å². The molecule has 0 aliphatic rings. The van der Waals surface area contributed by atoms with Gasteiger partial charge in [0.1, 0.15) is 0 Å². The van der Waals surface area contributed by atoms with Gasteiger partial charge in [-0.2, -0.15) is 0 Å². The highest BCUT2D eigenvalue weighted by Crippen LogP contribution is 2.21. The second-order valence-corrected chi connectivity index (χ2v) is 38.8. The van der Waals surface area contributed by atoms with E-state index in [4.69, 9.17) is 5.73 Å². The lowest BCUT2D eigenvalue weighted by Crippen LogP contribution is -2.54. The summed E-state index contributed by atoms with van der Waals surface area (Å²) in [5.41, 5.74) is 10.8. The second kappa shape index (κ2) is 62.0. The molecule has 0 aliphatic heterocycles. The summed E-state index contributed by atoms with van der Waals surface area (Å²) in [7, 11) is 0. The smallest absolute Gasteiger partial charge is 0.305 e. The van der Waals surface area contributed by atoms with Crippen LogP contribution < -0.4 is 11.1 Å². The number of carbonyl (C=O) groups is 19. The normalized spacial score (nSPS) is 10.8. The van der Waals surface area contributed by atoms with E-state index in [2.05, 4.69) is 106 Å². The summed E-state index contributed by atoms with van der Waals surface area (Å²) >= 11 is 20.7. The van der Waals surface area contributed by atoms with Crippen molar-refractivity contribution in [2.24, 2.45) is 5.73 Å². The molecule has 0 unspecified atom stereocenters. The lowest BCUT2D eigenvalue weighted by Gasteiger charge is -2.33. The Kier molecular flexibility index (Phi) is 50.9. The summed E-state index contributed by atoms with van der Waals surface area (Å²) < 4.78 is 4.46. The maximum atomic E-state index is 15.8. The number of benzene rings is 6. The molecule has 0 atom stereocenters. The van der Waals surface area contributed by atoms with Crippen LogP contribution in [0.1, 0.15) is 77.5 Å². The maximum Gasteiger partial charge on any atom is 0.305 e. The van der Waals surface area contributed by atoms with Crippen LogP contribution >= 0.6 is 95.6 Å². The zero-order valence-corrected chi connectivity index (χ0v) is 88.2. The molecule has 772 valence electrons. The first-order valence-electron chi connectivity index (χ1n) is 45.5. The maximum absolute atomic E-state index is 15.8. The molecule has 144 heavy (non-hydrogen) atoms. The Morgan fingerprint density at radius 3 is 0.528 bits per heavy atom. The highest BCUT2D eigenvalue weighted by Gasteiger charge is 2.36. The number of carbonyl (C=O) groups excluding carboxylic acids is 13. The Bertz CT molecular complexity index is 5570. The minimum Gasteiger partial charge on any atom is -0.481 e. The van der Waals surface area contributed by atoms with Crippen LogP contribution in [0.15, 0.2) is 197 Å². The highest BCUT2D eigenvalue weighted by molar-refractivity contribution is 9.11. The lowest BCUT2D eigenvalue weighted by molar-refractivity contribution is -0.151. The number of nitrogens with one attached hydrogen (secondary N) is 1. The third-order valence-corrected chi connectivity index (χ3v) is 25.8. The van der Waals surface area contributed by atoms with Crippen LogP contribution in [0.2, 0.25) is 0 Å². The standard InChI is InChI=1S/C98H113Br6N15O25/c99-74-13-1-67(2-14-74)27-41-108(55-80(105)120)82(122)57-110(42-28-68-3-15-75(100)16-4-68)84(124)58-111(43-29-69-5-17-76(101)18-6-69)85(125)59-112(44-30-70-7-19-77(102)20-8-70)86(126)60-113(45-31-71-9-21-78(103)22-10-71)87(127)61-114(46-32-72-11-23-79(104)24-12-72)88(128)62-116(49-35-95(137)138)90(130)64-118(51-37-97(141)142)92(132)66-119(52-38-98(143)144)91(131)65-117(50-36-96(139)140)89(129)63-115(48-34-94(135)136)83(123)56-109(47-33-93(133)134)81(121)54-107-53-73-25-39-106-40-26-73/h1-26,39-40,107H,27-38,41-66H2,(H2,105,120)(H,133,134)(H,135,136)(H,137,138)(H,139,140)(H,141,142)(H,143,144). The summed E-state index contributed by atoms with van der Waals surface area (Å²) in [5, 5.41) is 62.1. The molecule has 0 saturated heterocycles. The fourth-order valence-electron chi connectivity index (χ4n) is 14.4. The number of halogens is 6. The van der Waals surface area contributed by atoms with E-state index >= 15 is 28.8 Å². The Hall–Kier alpha value is -12.8. The van der Waals surface area contributed by atoms with Crippen LogP contribution in [0.3, 0.4) is 0 Å². The number of carboxylic acid groups (broad SMARTS) is 6. The molecule has 0 bridgehead atoms. The summed E-state index contributed by atoms with van der Waals surface area (Å²) in [6.45, 7) is -16.4. The number of aliphatic carboxylic acids is 6. The van der Waals surface area contributed by atoms with Gasteiger partial charge in [0.25, 0.3) is 0 Å². The van der Waals surface area contributed by atoms with Crippen LogP contribution in [0.5, 0.6) is 0 Å². The fourth-order valence-corrected chi connectivity index (χ4v) is 16.0. The molecule has 0 fully saturated rings. The largest absolute Gasteiger partial charge is 0.481 e. The first-order valence-corrected chi connectivity index (χ1v) is 50.3. The predicted molar refractivity (Wildman–Crippen MR) is 545 cm³/mol. The minimum absolute atomic E-state index is 0.0123. The number of hydrogen-bond donors (Lipinski definition) is 8. The minimum atomic E-state index is -1.56. The molecule has 1 aromatic heterocycles. The monoisotopic (exact) mass is 2370 g/mol. The van der Waals surface area contributed by atoms with E-state index in [9.17, 15) is 93.0 Å². The molecule has 40 nitrogen and oxygen atoms in total. The van der Waals surface area contributed by atoms with Crippen LogP contribution in [0, 0.1) is 0 Å². The molecule has 7 rings (SSSR count). The number of aromatic nitrogens is 1. The molecule has 0 spiro atoms. The van der Waals surface area contributed by atoms with E-state index in [-0.39, 0.29) is 77.9 Å². The summed E-state index contributed by atoms with van der Waals surface area (Å²) in [5.74, 6) is -21.5. The van der Waals surface area contributed by atoms with E-state index in [0.717, 1.165) is 44.4 Å². The highest BCUT2D eigenvalue weighted by atomic mass is 79.9. The molecular weight excluding hydrogens is 2270 g/mol. The van der Waals surface area contributed by atoms with E-state index in [1.165, 1.54) is 36.9 Å². The van der Waals surface area contributed by atoms with Gasteiger partial charge in [0.2, 0.25) is 76.8 Å². The SMILES string of the molecule is NC(=O)CN(CCc1ccc(Br)cc1)C(=O)CN(CCc1ccc(Br)cc1)C(=O)CN(CCc1ccc(Br)cc1)C(=O)CN(CCc1ccc(Br)cc1)C(=O)CN(CCc1ccc(Br)cc1)C(=O)CN(CCc1ccc(Br)cc1)C(=O)CN(CCC(=O)O)C(=O)CN(CCC(=O)O)C(=O)CN(CCC(=O)O)C(=O)CN(CCC(=O)O)C(=O)CN(CCC(=O)O)C(=O)CN(CCC(=O)O)C(=O)CNCc1ccncc1. The van der Waals surface area contributed by atoms with Crippen LogP contribution in [0.4, 0.5) is 0 Å². The van der Waals surface area contributed by atoms with Crippen molar-refractivity contribution in [3.63, 3.8) is 0 Å². The molecule has 0 radical (unpaired) electrons. The van der Waals surface area contributed by atoms with Crippen LogP contribution in [-0.4, -0.2) is 371 Å². The van der Waals surface area contributed by atoms with Gasteiger partial charge in [-0.05, 0) is 162 Å². The van der Waals surface area contributed by atoms with E-state index in [0.29, 0.717) is 62.1 Å². The molecule has 46 heteroatoms. The third kappa shape index (κ3) is 45.0. The predicted octanol–water partition coefficient (Wildman–Crippen LogP) is 6.48. The lowest BCUT2D eigenvalue weighted by atomic mass is 10.1. The molecule has 0 aliphatic carbocycles. The zero-order valence-electron chi connectivity index (χ0n) is 78.6. The van der Waals surface area contributed by atoms with Crippen molar-refractivity contribution in [1.82, 2.24) is 69.1 Å². The number of hydrogen-bond acceptors (Lipinski definition) is 21. The van der Waals surface area contributed by atoms with Crippen molar-refractivity contribution >= 4 is 208 Å². The van der Waals surface area contributed by atoms with Gasteiger partial charge in [-0.1, -0.05) is 168 Å². The summed E-state index contributed by atoms with van der Waals surface area (Å²) in [4.78, 5) is 280. The topological polar surface area (TPSA) is 536 Å². The molecule has 9 N–H and O–H groups in total. The molecular formula is C98H113Br6N15O25. The van der Waals surface area contributed by atoms with Gasteiger partial charge < -0.3 is 100 Å². The second-order valence-electron chi connectivity index (χ2n) is 33.3. The Morgan fingerprint density at radius 2 is 0.368 bits per heavy atom. The van der Waals surface area contributed by atoms with Crippen molar-refractivity contribution in [2.75, 3.05) is 164 Å². The summed E-state index contributed by atoms with van der Waals surface area (Å²) in [6, 6.07) is 46.2. The van der Waals surface area contributed by atoms with Crippen molar-refractivity contribution in [3.05, 3.63) is 236 Å². The number of nitrogens with two attached hydrogens (primary N) is 1. The Balaban J connectivity index is 1.20. The van der Waals surface area contributed by atoms with E-state index in [1.54, 1.807) is 97.1 Å². The molecule has 7 aromatic rings. The summed E-state index contributed by atoms with van der Waals surface area (Å²) in [6.07, 6.45) is -1.16. The number of carboxylic acids is 6. The van der Waals surface area contributed by atoms with Gasteiger partial charge in [0.15, 0.2) is 0 Å². The Morgan fingerprint density at radius 1 is 0.215 bits per heavy atom. The number of amides is 13. The number of pyridine rings is 1. The quantitative estimate of drug-likeness (QED) is 0.0202. The molecule has 1 heterocycles. The van der Waals surface area contributed by atoms with E-state index in [1.807, 2.05) is 60.7 Å². The number of nitrogens with zero attached hydrogens (tertiary/aromatic N) is 13. The fraction of sp³-hybridized carbons (Fsp3) is 0.388. The van der Waals surface area contributed by atoms with Crippen LogP contribution in [-0.2, 0) is 136 Å². The van der Waals surface area contributed by atoms with Gasteiger partial charge in [-0.3, -0.25) is 96.1 Å². The average molecular weight is 2380 g/mol. The van der Waals surface area contributed by atoms with Gasteiger partial charge >= 0.3 is 35.8 Å².